The van der Waals surface area contributed by atoms with Crippen molar-refractivity contribution in [3.63, 3.8) is 0 Å². The summed E-state index contributed by atoms with van der Waals surface area (Å²) in [4.78, 5) is 23.0. The molecule has 0 aliphatic heterocycles. The fraction of sp³-hybridized carbons (Fsp3) is 0.211. The lowest BCUT2D eigenvalue weighted by Gasteiger charge is -2.22. The Hall–Kier alpha value is -2.86. The number of aliphatic hydroxyl groups is 1. The monoisotopic (exact) mass is 339 g/mol. The summed E-state index contributed by atoms with van der Waals surface area (Å²) in [5.41, 5.74) is 2.38. The lowest BCUT2D eigenvalue weighted by Crippen LogP contribution is -2.33. The average molecular weight is 339 g/mol. The number of fused-ring (bicyclic) bond motifs is 1. The highest BCUT2D eigenvalue weighted by Gasteiger charge is 2.19. The Morgan fingerprint density at radius 2 is 2.12 bits per heavy atom. The van der Waals surface area contributed by atoms with Crippen molar-refractivity contribution in [2.24, 2.45) is 0 Å². The zero-order valence-corrected chi connectivity index (χ0v) is 13.8. The maximum atomic E-state index is 13.5. The molecule has 1 aromatic carbocycles. The van der Waals surface area contributed by atoms with Gasteiger partial charge in [0.05, 0.1) is 17.7 Å². The van der Waals surface area contributed by atoms with E-state index < -0.39 is 5.82 Å². The molecule has 3 aromatic rings. The van der Waals surface area contributed by atoms with E-state index in [1.165, 1.54) is 12.1 Å². The summed E-state index contributed by atoms with van der Waals surface area (Å²) in [6, 6.07) is 9.55. The van der Waals surface area contributed by atoms with Crippen LogP contribution in [0.5, 0.6) is 0 Å². The number of rotatable bonds is 5. The molecule has 0 radical (unpaired) electrons. The highest BCUT2D eigenvalue weighted by atomic mass is 19.1. The molecule has 0 aliphatic rings. The molecule has 0 spiro atoms. The van der Waals surface area contributed by atoms with Crippen LogP contribution in [0.15, 0.2) is 48.8 Å². The topological polar surface area (TPSA) is 66.3 Å². The van der Waals surface area contributed by atoms with Gasteiger partial charge in [-0.1, -0.05) is 6.07 Å². The Kier molecular flexibility index (Phi) is 5.00. The van der Waals surface area contributed by atoms with Crippen LogP contribution in [0.2, 0.25) is 0 Å². The third-order valence-corrected chi connectivity index (χ3v) is 3.88. The number of benzene rings is 1. The van der Waals surface area contributed by atoms with E-state index in [4.69, 9.17) is 0 Å². The normalized spacial score (nSPS) is 10.8. The second-order valence-electron chi connectivity index (χ2n) is 5.78. The largest absolute Gasteiger partial charge is 0.395 e. The maximum Gasteiger partial charge on any atom is 0.254 e. The first kappa shape index (κ1) is 17.0. The lowest BCUT2D eigenvalue weighted by molar-refractivity contribution is 0.0709. The number of aryl methyl sites for hydroxylation is 1. The molecule has 0 bridgehead atoms. The van der Waals surface area contributed by atoms with Crippen LogP contribution in [0.4, 0.5) is 4.39 Å². The standard InChI is InChI=1S/C19H18FN3O2/c1-13-9-17(16-5-4-15(20)10-18(16)22-13)19(25)23(7-8-24)12-14-3-2-6-21-11-14/h2-6,9-11,24H,7-8,12H2,1H3. The smallest absolute Gasteiger partial charge is 0.254 e. The number of pyridine rings is 2. The van der Waals surface area contributed by atoms with E-state index in [2.05, 4.69) is 9.97 Å². The Bertz CT molecular complexity index is 895. The molecule has 2 heterocycles. The van der Waals surface area contributed by atoms with Gasteiger partial charge in [0.2, 0.25) is 0 Å². The van der Waals surface area contributed by atoms with E-state index in [1.54, 1.807) is 42.4 Å². The molecule has 1 N–H and O–H groups in total. The summed E-state index contributed by atoms with van der Waals surface area (Å²) in [7, 11) is 0. The molecule has 1 amide bonds. The van der Waals surface area contributed by atoms with E-state index in [0.29, 0.717) is 28.7 Å². The van der Waals surface area contributed by atoms with Gasteiger partial charge in [0.15, 0.2) is 0 Å². The lowest BCUT2D eigenvalue weighted by atomic mass is 10.1. The number of halogens is 1. The predicted molar refractivity (Wildman–Crippen MR) is 92.5 cm³/mol. The second kappa shape index (κ2) is 7.36. The molecule has 0 unspecified atom stereocenters. The molecule has 5 nitrogen and oxygen atoms in total. The molecule has 3 rings (SSSR count). The van der Waals surface area contributed by atoms with Crippen LogP contribution in [0.25, 0.3) is 10.9 Å². The van der Waals surface area contributed by atoms with Gasteiger partial charge in [-0.3, -0.25) is 14.8 Å². The zero-order valence-electron chi connectivity index (χ0n) is 13.8. The van der Waals surface area contributed by atoms with E-state index in [9.17, 15) is 14.3 Å². The Balaban J connectivity index is 2.00. The summed E-state index contributed by atoms with van der Waals surface area (Å²) < 4.78 is 13.5. The van der Waals surface area contributed by atoms with E-state index >= 15 is 0 Å². The van der Waals surface area contributed by atoms with Crippen molar-refractivity contribution >= 4 is 16.8 Å². The first-order chi connectivity index (χ1) is 12.1. The first-order valence-corrected chi connectivity index (χ1v) is 7.94. The van der Waals surface area contributed by atoms with E-state index in [0.717, 1.165) is 5.56 Å². The van der Waals surface area contributed by atoms with E-state index in [1.807, 2.05) is 6.07 Å². The van der Waals surface area contributed by atoms with Crippen molar-refractivity contribution in [2.75, 3.05) is 13.2 Å². The molecule has 0 fully saturated rings. The molecular weight excluding hydrogens is 321 g/mol. The van der Waals surface area contributed by atoms with Gasteiger partial charge in [0.25, 0.3) is 5.91 Å². The fourth-order valence-electron chi connectivity index (χ4n) is 2.77. The van der Waals surface area contributed by atoms with Crippen LogP contribution in [-0.4, -0.2) is 39.0 Å². The Labute approximate surface area is 144 Å². The van der Waals surface area contributed by atoms with E-state index in [-0.39, 0.29) is 19.1 Å². The molecule has 0 atom stereocenters. The number of carbonyl (C=O) groups excluding carboxylic acids is 1. The van der Waals surface area contributed by atoms with Crippen LogP contribution in [0.1, 0.15) is 21.6 Å². The molecular formula is C19H18FN3O2. The number of hydrogen-bond donors (Lipinski definition) is 1. The van der Waals surface area contributed by atoms with Crippen molar-refractivity contribution in [3.8, 4) is 0 Å². The molecule has 6 heteroatoms. The number of nitrogens with zero attached hydrogens (tertiary/aromatic N) is 3. The zero-order chi connectivity index (χ0) is 17.8. The summed E-state index contributed by atoms with van der Waals surface area (Å²) in [6.07, 6.45) is 3.35. The first-order valence-electron chi connectivity index (χ1n) is 7.94. The molecule has 128 valence electrons. The van der Waals surface area contributed by atoms with Crippen LogP contribution in [0, 0.1) is 12.7 Å². The molecule has 0 saturated carbocycles. The van der Waals surface area contributed by atoms with Gasteiger partial charge in [-0.15, -0.1) is 0 Å². The molecule has 2 aromatic heterocycles. The van der Waals surface area contributed by atoms with Gasteiger partial charge in [-0.2, -0.15) is 0 Å². The van der Waals surface area contributed by atoms with Crippen LogP contribution >= 0.6 is 0 Å². The van der Waals surface area contributed by atoms with Crippen molar-refractivity contribution in [1.82, 2.24) is 14.9 Å². The molecule has 0 saturated heterocycles. The van der Waals surface area contributed by atoms with Gasteiger partial charge >= 0.3 is 0 Å². The highest BCUT2D eigenvalue weighted by Crippen LogP contribution is 2.22. The van der Waals surface area contributed by atoms with Gasteiger partial charge in [0.1, 0.15) is 5.82 Å². The van der Waals surface area contributed by atoms with Crippen molar-refractivity contribution < 1.29 is 14.3 Å². The third kappa shape index (κ3) is 3.80. The molecule has 0 aliphatic carbocycles. The van der Waals surface area contributed by atoms with Crippen molar-refractivity contribution in [2.45, 2.75) is 13.5 Å². The van der Waals surface area contributed by atoms with Crippen LogP contribution in [0.3, 0.4) is 0 Å². The summed E-state index contributed by atoms with van der Waals surface area (Å²) in [5.74, 6) is -0.633. The van der Waals surface area contributed by atoms with Gasteiger partial charge in [0, 0.05) is 42.6 Å². The fourth-order valence-corrected chi connectivity index (χ4v) is 2.77. The van der Waals surface area contributed by atoms with Gasteiger partial charge < -0.3 is 10.0 Å². The minimum atomic E-state index is -0.397. The molecule has 25 heavy (non-hydrogen) atoms. The number of carbonyl (C=O) groups is 1. The summed E-state index contributed by atoms with van der Waals surface area (Å²) in [5, 5.41) is 9.93. The number of aliphatic hydroxyl groups excluding tert-OH is 1. The van der Waals surface area contributed by atoms with Crippen LogP contribution in [-0.2, 0) is 6.54 Å². The minimum Gasteiger partial charge on any atom is -0.395 e. The number of amides is 1. The predicted octanol–water partition coefficient (Wildman–Crippen LogP) is 2.71. The number of hydrogen-bond acceptors (Lipinski definition) is 4. The minimum absolute atomic E-state index is 0.150. The van der Waals surface area contributed by atoms with Crippen LogP contribution < -0.4 is 0 Å². The Morgan fingerprint density at radius 1 is 1.28 bits per heavy atom. The average Bonchev–Trinajstić information content (AvgIpc) is 2.60. The summed E-state index contributed by atoms with van der Waals surface area (Å²) >= 11 is 0. The maximum absolute atomic E-state index is 13.5. The van der Waals surface area contributed by atoms with Crippen molar-refractivity contribution in [3.05, 3.63) is 71.4 Å². The summed E-state index contributed by atoms with van der Waals surface area (Å²) in [6.45, 7) is 2.14. The number of aromatic nitrogens is 2. The second-order valence-corrected chi connectivity index (χ2v) is 5.78. The highest BCUT2D eigenvalue weighted by molar-refractivity contribution is 6.06. The SMILES string of the molecule is Cc1cc(C(=O)N(CCO)Cc2cccnc2)c2ccc(F)cc2n1. The quantitative estimate of drug-likeness (QED) is 0.776. The van der Waals surface area contributed by atoms with Gasteiger partial charge in [-0.05, 0) is 36.8 Å². The third-order valence-electron chi connectivity index (χ3n) is 3.88. The van der Waals surface area contributed by atoms with Gasteiger partial charge in [-0.25, -0.2) is 4.39 Å². The Morgan fingerprint density at radius 3 is 2.84 bits per heavy atom. The van der Waals surface area contributed by atoms with Crippen molar-refractivity contribution in [1.29, 1.82) is 0 Å².